The van der Waals surface area contributed by atoms with Crippen LogP contribution < -0.4 is 4.74 Å². The third-order valence-electron chi connectivity index (χ3n) is 3.09. The Balaban J connectivity index is 2.36. The first kappa shape index (κ1) is 17.7. The van der Waals surface area contributed by atoms with E-state index in [1.165, 1.54) is 32.4 Å². The molecule has 24 heavy (non-hydrogen) atoms. The van der Waals surface area contributed by atoms with Crippen LogP contribution in [0.3, 0.4) is 0 Å². The van der Waals surface area contributed by atoms with Gasteiger partial charge >= 0.3 is 5.97 Å². The Morgan fingerprint density at radius 1 is 1.21 bits per heavy atom. The molecular formula is C17H15ClFNO4. The van der Waals surface area contributed by atoms with E-state index in [1.807, 2.05) is 0 Å². The van der Waals surface area contributed by atoms with E-state index in [-0.39, 0.29) is 23.1 Å². The van der Waals surface area contributed by atoms with Gasteiger partial charge in [0.1, 0.15) is 18.7 Å². The Kier molecular flexibility index (Phi) is 6.14. The number of ether oxygens (including phenoxy) is 2. The van der Waals surface area contributed by atoms with Gasteiger partial charge in [-0.2, -0.15) is 0 Å². The quantitative estimate of drug-likeness (QED) is 0.357. The van der Waals surface area contributed by atoms with Crippen molar-refractivity contribution in [2.75, 3.05) is 14.2 Å². The van der Waals surface area contributed by atoms with Gasteiger partial charge in [-0.1, -0.05) is 29.8 Å². The zero-order valence-corrected chi connectivity index (χ0v) is 13.8. The molecule has 0 radical (unpaired) electrons. The highest BCUT2D eigenvalue weighted by atomic mass is 35.5. The molecule has 0 unspecified atom stereocenters. The van der Waals surface area contributed by atoms with E-state index in [9.17, 15) is 9.18 Å². The summed E-state index contributed by atoms with van der Waals surface area (Å²) in [6, 6.07) is 10.9. The lowest BCUT2D eigenvalue weighted by Crippen LogP contribution is -2.16. The molecule has 0 spiro atoms. The normalized spacial score (nSPS) is 11.1. The van der Waals surface area contributed by atoms with Gasteiger partial charge in [-0.15, -0.1) is 0 Å². The van der Waals surface area contributed by atoms with Crippen molar-refractivity contribution < 1.29 is 23.5 Å². The van der Waals surface area contributed by atoms with Crippen LogP contribution in [0, 0.1) is 5.82 Å². The predicted molar refractivity (Wildman–Crippen MR) is 87.7 cm³/mol. The molecule has 0 amide bonds. The van der Waals surface area contributed by atoms with Gasteiger partial charge < -0.3 is 14.3 Å². The van der Waals surface area contributed by atoms with Crippen molar-refractivity contribution in [3.8, 4) is 5.75 Å². The fraction of sp³-hybridized carbons (Fsp3) is 0.176. The van der Waals surface area contributed by atoms with Crippen molar-refractivity contribution in [1.29, 1.82) is 0 Å². The maximum absolute atomic E-state index is 13.3. The van der Waals surface area contributed by atoms with Crippen LogP contribution in [0.25, 0.3) is 0 Å². The largest absolute Gasteiger partial charge is 0.469 e. The highest BCUT2D eigenvalue weighted by Gasteiger charge is 2.16. The van der Waals surface area contributed by atoms with Crippen molar-refractivity contribution in [3.05, 3.63) is 64.4 Å². The molecule has 126 valence electrons. The van der Waals surface area contributed by atoms with E-state index in [0.717, 1.165) is 0 Å². The molecule has 2 aromatic carbocycles. The molecule has 0 saturated heterocycles. The molecule has 0 fully saturated rings. The fourth-order valence-electron chi connectivity index (χ4n) is 1.97. The lowest BCUT2D eigenvalue weighted by Gasteiger charge is -2.12. The zero-order chi connectivity index (χ0) is 17.5. The van der Waals surface area contributed by atoms with Crippen molar-refractivity contribution in [1.82, 2.24) is 0 Å². The Bertz CT molecular complexity index is 764. The molecule has 0 bridgehead atoms. The number of esters is 1. The number of hydrogen-bond acceptors (Lipinski definition) is 5. The summed E-state index contributed by atoms with van der Waals surface area (Å²) in [7, 11) is 2.68. The van der Waals surface area contributed by atoms with E-state index in [1.54, 1.807) is 24.3 Å². The minimum Gasteiger partial charge on any atom is -0.469 e. The minimum atomic E-state index is -0.555. The highest BCUT2D eigenvalue weighted by molar-refractivity contribution is 6.30. The van der Waals surface area contributed by atoms with Crippen LogP contribution in [-0.4, -0.2) is 26.1 Å². The van der Waals surface area contributed by atoms with E-state index in [4.69, 9.17) is 21.2 Å². The van der Waals surface area contributed by atoms with E-state index in [2.05, 4.69) is 9.89 Å². The van der Waals surface area contributed by atoms with Crippen LogP contribution in [-0.2, 0) is 20.8 Å². The van der Waals surface area contributed by atoms with Crippen LogP contribution in [0.5, 0.6) is 5.75 Å². The van der Waals surface area contributed by atoms with Crippen LogP contribution in [0.4, 0.5) is 4.39 Å². The first-order valence-electron chi connectivity index (χ1n) is 6.94. The SMILES string of the molecule is CO/N=C(/Oc1ccc(F)c(Cl)c1)c1ccccc1CC(=O)OC. The third-order valence-corrected chi connectivity index (χ3v) is 3.38. The molecule has 0 aliphatic heterocycles. The molecule has 0 N–H and O–H groups in total. The molecule has 2 aromatic rings. The van der Waals surface area contributed by atoms with Gasteiger partial charge in [0.25, 0.3) is 5.90 Å². The van der Waals surface area contributed by atoms with E-state index >= 15 is 0 Å². The monoisotopic (exact) mass is 351 g/mol. The van der Waals surface area contributed by atoms with Crippen LogP contribution in [0.15, 0.2) is 47.6 Å². The minimum absolute atomic E-state index is 0.0446. The van der Waals surface area contributed by atoms with Gasteiger partial charge in [0, 0.05) is 11.6 Å². The van der Waals surface area contributed by atoms with Crippen molar-refractivity contribution in [2.45, 2.75) is 6.42 Å². The maximum atomic E-state index is 13.3. The second-order valence-corrected chi connectivity index (χ2v) is 5.07. The number of oxime groups is 1. The number of methoxy groups -OCH3 is 1. The molecule has 7 heteroatoms. The lowest BCUT2D eigenvalue weighted by molar-refractivity contribution is -0.139. The van der Waals surface area contributed by atoms with Crippen LogP contribution in [0.1, 0.15) is 11.1 Å². The van der Waals surface area contributed by atoms with Gasteiger partial charge in [-0.3, -0.25) is 4.79 Å². The smallest absolute Gasteiger partial charge is 0.310 e. The summed E-state index contributed by atoms with van der Waals surface area (Å²) >= 11 is 5.75. The summed E-state index contributed by atoms with van der Waals surface area (Å²) in [5.41, 5.74) is 1.19. The summed E-state index contributed by atoms with van der Waals surface area (Å²) in [6.07, 6.45) is 0.0446. The second-order valence-electron chi connectivity index (χ2n) is 4.67. The number of benzene rings is 2. The summed E-state index contributed by atoms with van der Waals surface area (Å²) in [4.78, 5) is 16.4. The average molecular weight is 352 g/mol. The van der Waals surface area contributed by atoms with Gasteiger partial charge in [-0.25, -0.2) is 4.39 Å². The van der Waals surface area contributed by atoms with Gasteiger partial charge in [0.05, 0.1) is 18.6 Å². The number of hydrogen-bond donors (Lipinski definition) is 0. The van der Waals surface area contributed by atoms with E-state index in [0.29, 0.717) is 11.1 Å². The summed E-state index contributed by atoms with van der Waals surface area (Å²) < 4.78 is 23.6. The maximum Gasteiger partial charge on any atom is 0.310 e. The molecular weight excluding hydrogens is 337 g/mol. The molecule has 2 rings (SSSR count). The van der Waals surface area contributed by atoms with Crippen molar-refractivity contribution >= 4 is 23.5 Å². The average Bonchev–Trinajstić information content (AvgIpc) is 2.58. The lowest BCUT2D eigenvalue weighted by atomic mass is 10.0. The highest BCUT2D eigenvalue weighted by Crippen LogP contribution is 2.23. The van der Waals surface area contributed by atoms with Gasteiger partial charge in [0.2, 0.25) is 0 Å². The molecule has 0 aromatic heterocycles. The summed E-state index contributed by atoms with van der Waals surface area (Å²) in [6.45, 7) is 0. The summed E-state index contributed by atoms with van der Waals surface area (Å²) in [5, 5.41) is 3.76. The number of nitrogens with zero attached hydrogens (tertiary/aromatic N) is 1. The zero-order valence-electron chi connectivity index (χ0n) is 13.1. The molecule has 5 nitrogen and oxygen atoms in total. The molecule has 0 aliphatic rings. The molecule has 0 aliphatic carbocycles. The second kappa shape index (κ2) is 8.31. The number of carbonyl (C=O) groups is 1. The molecule has 0 saturated carbocycles. The first-order chi connectivity index (χ1) is 11.5. The first-order valence-corrected chi connectivity index (χ1v) is 7.32. The Morgan fingerprint density at radius 3 is 2.62 bits per heavy atom. The van der Waals surface area contributed by atoms with Crippen LogP contribution >= 0.6 is 11.6 Å². The number of carbonyl (C=O) groups excluding carboxylic acids is 1. The number of rotatable bonds is 5. The van der Waals surface area contributed by atoms with Crippen molar-refractivity contribution in [3.63, 3.8) is 0 Å². The van der Waals surface area contributed by atoms with Crippen LogP contribution in [0.2, 0.25) is 5.02 Å². The van der Waals surface area contributed by atoms with Gasteiger partial charge in [-0.05, 0) is 28.9 Å². The summed E-state index contributed by atoms with van der Waals surface area (Å²) in [5.74, 6) is -0.561. The Hall–Kier alpha value is -2.60. The Labute approximate surface area is 143 Å². The molecule has 0 heterocycles. The molecule has 0 atom stereocenters. The fourth-order valence-corrected chi connectivity index (χ4v) is 2.14. The third kappa shape index (κ3) is 4.45. The van der Waals surface area contributed by atoms with Crippen molar-refractivity contribution in [2.24, 2.45) is 5.16 Å². The van der Waals surface area contributed by atoms with Gasteiger partial charge in [0.15, 0.2) is 0 Å². The standard InChI is InChI=1S/C17H15ClFNO4/c1-22-16(21)9-11-5-3-4-6-13(11)17(20-23-2)24-12-7-8-15(19)14(18)10-12/h3-8,10H,9H2,1-2H3/b20-17+. The number of halogens is 2. The predicted octanol–water partition coefficient (Wildman–Crippen LogP) is 3.58. The topological polar surface area (TPSA) is 57.1 Å². The van der Waals surface area contributed by atoms with E-state index < -0.39 is 11.8 Å². The Morgan fingerprint density at radius 2 is 1.96 bits per heavy atom.